The van der Waals surface area contributed by atoms with Gasteiger partial charge in [0.1, 0.15) is 17.5 Å². The van der Waals surface area contributed by atoms with E-state index in [0.29, 0.717) is 11.5 Å². The largest absolute Gasteiger partial charge is 0.345 e. The van der Waals surface area contributed by atoms with E-state index in [1.165, 1.54) is 11.8 Å². The van der Waals surface area contributed by atoms with Crippen LogP contribution < -0.4 is 10.6 Å². The van der Waals surface area contributed by atoms with Crippen LogP contribution in [0.15, 0.2) is 54.4 Å². The molecule has 0 bridgehead atoms. The first-order chi connectivity index (χ1) is 12.1. The molecule has 0 fully saturated rings. The second-order valence-electron chi connectivity index (χ2n) is 5.79. The van der Waals surface area contributed by atoms with Crippen LogP contribution in [0.4, 0.5) is 11.5 Å². The summed E-state index contributed by atoms with van der Waals surface area (Å²) in [7, 11) is 0. The van der Waals surface area contributed by atoms with Gasteiger partial charge in [0, 0.05) is 18.1 Å². The van der Waals surface area contributed by atoms with E-state index >= 15 is 0 Å². The van der Waals surface area contributed by atoms with Gasteiger partial charge in [-0.3, -0.25) is 4.79 Å². The molecule has 5 nitrogen and oxygen atoms in total. The van der Waals surface area contributed by atoms with E-state index in [2.05, 4.69) is 22.5 Å². The van der Waals surface area contributed by atoms with E-state index in [-0.39, 0.29) is 5.57 Å². The lowest BCUT2D eigenvalue weighted by Crippen LogP contribution is -2.14. The van der Waals surface area contributed by atoms with Gasteiger partial charge in [0.15, 0.2) is 0 Å². The summed E-state index contributed by atoms with van der Waals surface area (Å²) in [6, 6.07) is 13.3. The predicted molar refractivity (Wildman–Crippen MR) is 100.0 cm³/mol. The van der Waals surface area contributed by atoms with Crippen LogP contribution >= 0.6 is 0 Å². The molecule has 5 heteroatoms. The molecule has 1 heterocycles. The Balaban J connectivity index is 1.99. The molecule has 1 aromatic carbocycles. The molecule has 0 saturated carbocycles. The number of carbonyl (C=O) groups excluding carboxylic acids is 1. The number of nitriles is 1. The number of carbonyl (C=O) groups is 1. The minimum Gasteiger partial charge on any atom is -0.345 e. The zero-order valence-corrected chi connectivity index (χ0v) is 14.5. The highest BCUT2D eigenvalue weighted by Crippen LogP contribution is 2.13. The van der Waals surface area contributed by atoms with Crippen molar-refractivity contribution in [3.8, 4) is 6.07 Å². The Hall–Kier alpha value is -3.13. The fraction of sp³-hybridized carbons (Fsp3) is 0.250. The minimum absolute atomic E-state index is 0.0154. The van der Waals surface area contributed by atoms with Crippen LogP contribution in [-0.2, 0) is 11.2 Å². The smallest absolute Gasteiger partial charge is 0.267 e. The van der Waals surface area contributed by atoms with Crippen LogP contribution in [0.1, 0.15) is 30.9 Å². The van der Waals surface area contributed by atoms with E-state index in [9.17, 15) is 10.1 Å². The van der Waals surface area contributed by atoms with Crippen molar-refractivity contribution in [3.63, 3.8) is 0 Å². The molecule has 0 saturated heterocycles. The Labute approximate surface area is 148 Å². The number of pyridine rings is 1. The first-order valence-corrected chi connectivity index (χ1v) is 8.32. The molecule has 25 heavy (non-hydrogen) atoms. The van der Waals surface area contributed by atoms with E-state index in [1.54, 1.807) is 6.20 Å². The molecule has 1 aromatic heterocycles. The Morgan fingerprint density at radius 2 is 2.04 bits per heavy atom. The number of nitrogens with one attached hydrogen (secondary N) is 2. The predicted octanol–water partition coefficient (Wildman–Crippen LogP) is 4.19. The van der Waals surface area contributed by atoms with E-state index in [1.807, 2.05) is 49.4 Å². The Morgan fingerprint density at radius 1 is 1.28 bits per heavy atom. The van der Waals surface area contributed by atoms with Crippen LogP contribution in [-0.4, -0.2) is 10.9 Å². The molecule has 128 valence electrons. The zero-order valence-electron chi connectivity index (χ0n) is 14.5. The van der Waals surface area contributed by atoms with Crippen molar-refractivity contribution in [2.45, 2.75) is 33.1 Å². The molecule has 0 spiro atoms. The van der Waals surface area contributed by atoms with Crippen molar-refractivity contribution in [1.29, 1.82) is 5.26 Å². The third-order valence-corrected chi connectivity index (χ3v) is 3.68. The maximum Gasteiger partial charge on any atom is 0.267 e. The SMILES string of the molecule is CCCCc1ccc(NC(=O)/C(C#N)=C\Nc2cc(C)ccn2)cc1. The summed E-state index contributed by atoms with van der Waals surface area (Å²) < 4.78 is 0. The highest BCUT2D eigenvalue weighted by molar-refractivity contribution is 6.06. The van der Waals surface area contributed by atoms with Gasteiger partial charge in [0.25, 0.3) is 5.91 Å². The number of benzene rings is 1. The van der Waals surface area contributed by atoms with Crippen LogP contribution in [0.5, 0.6) is 0 Å². The van der Waals surface area contributed by atoms with Crippen molar-refractivity contribution >= 4 is 17.4 Å². The van der Waals surface area contributed by atoms with Crippen LogP contribution in [0, 0.1) is 18.3 Å². The molecule has 0 unspecified atom stereocenters. The standard InChI is InChI=1S/C20H22N4O/c1-3-4-5-16-6-8-18(9-7-16)24-20(25)17(13-21)14-23-19-12-15(2)10-11-22-19/h6-12,14H,3-5H2,1-2H3,(H,22,23)(H,24,25)/b17-14-. The first kappa shape index (κ1) is 18.2. The molecule has 0 aliphatic carbocycles. The summed E-state index contributed by atoms with van der Waals surface area (Å²) in [4.78, 5) is 16.4. The molecule has 0 radical (unpaired) electrons. The van der Waals surface area contributed by atoms with E-state index in [0.717, 1.165) is 24.8 Å². The van der Waals surface area contributed by atoms with Gasteiger partial charge in [0.2, 0.25) is 0 Å². The second-order valence-corrected chi connectivity index (χ2v) is 5.79. The molecule has 2 rings (SSSR count). The average Bonchev–Trinajstić information content (AvgIpc) is 2.62. The maximum atomic E-state index is 12.2. The second kappa shape index (κ2) is 9.24. The van der Waals surface area contributed by atoms with E-state index in [4.69, 9.17) is 0 Å². The van der Waals surface area contributed by atoms with Crippen molar-refractivity contribution in [3.05, 3.63) is 65.5 Å². The Bertz CT molecular complexity index is 788. The number of aromatic nitrogens is 1. The number of nitrogens with zero attached hydrogens (tertiary/aromatic N) is 2. The highest BCUT2D eigenvalue weighted by Gasteiger charge is 2.09. The molecule has 0 atom stereocenters. The number of hydrogen-bond donors (Lipinski definition) is 2. The lowest BCUT2D eigenvalue weighted by atomic mass is 10.1. The Kier molecular flexibility index (Phi) is 6.73. The summed E-state index contributed by atoms with van der Waals surface area (Å²) in [5.74, 6) is 0.129. The molecule has 2 aromatic rings. The summed E-state index contributed by atoms with van der Waals surface area (Å²) in [5.41, 5.74) is 2.93. The number of unbranched alkanes of at least 4 members (excludes halogenated alkanes) is 1. The van der Waals surface area contributed by atoms with Gasteiger partial charge in [-0.2, -0.15) is 5.26 Å². The fourth-order valence-electron chi connectivity index (χ4n) is 2.24. The van der Waals surface area contributed by atoms with Gasteiger partial charge in [0.05, 0.1) is 0 Å². The van der Waals surface area contributed by atoms with Gasteiger partial charge in [-0.25, -0.2) is 4.98 Å². The van der Waals surface area contributed by atoms with Crippen molar-refractivity contribution in [2.24, 2.45) is 0 Å². The zero-order chi connectivity index (χ0) is 18.1. The topological polar surface area (TPSA) is 77.8 Å². The number of hydrogen-bond acceptors (Lipinski definition) is 4. The maximum absolute atomic E-state index is 12.2. The molecule has 1 amide bonds. The number of amides is 1. The van der Waals surface area contributed by atoms with Gasteiger partial charge in [-0.15, -0.1) is 0 Å². The molecule has 0 aliphatic heterocycles. The quantitative estimate of drug-likeness (QED) is 0.588. The number of anilines is 2. The van der Waals surface area contributed by atoms with Gasteiger partial charge >= 0.3 is 0 Å². The van der Waals surface area contributed by atoms with Crippen LogP contribution in [0.3, 0.4) is 0 Å². The normalized spacial score (nSPS) is 10.8. The fourth-order valence-corrected chi connectivity index (χ4v) is 2.24. The minimum atomic E-state index is -0.455. The summed E-state index contributed by atoms with van der Waals surface area (Å²) in [5, 5.41) is 14.8. The number of rotatable bonds is 7. The van der Waals surface area contributed by atoms with Crippen molar-refractivity contribution in [2.75, 3.05) is 10.6 Å². The molecular formula is C20H22N4O. The lowest BCUT2D eigenvalue weighted by molar-refractivity contribution is -0.112. The molecular weight excluding hydrogens is 312 g/mol. The lowest BCUT2D eigenvalue weighted by Gasteiger charge is -2.06. The van der Waals surface area contributed by atoms with Gasteiger partial charge in [-0.05, 0) is 55.2 Å². The van der Waals surface area contributed by atoms with Crippen LogP contribution in [0.2, 0.25) is 0 Å². The third kappa shape index (κ3) is 5.78. The first-order valence-electron chi connectivity index (χ1n) is 8.32. The summed E-state index contributed by atoms with van der Waals surface area (Å²) >= 11 is 0. The van der Waals surface area contributed by atoms with Crippen LogP contribution in [0.25, 0.3) is 0 Å². The number of aryl methyl sites for hydroxylation is 2. The molecule has 0 aliphatic rings. The monoisotopic (exact) mass is 334 g/mol. The van der Waals surface area contributed by atoms with E-state index < -0.39 is 5.91 Å². The van der Waals surface area contributed by atoms with Crippen molar-refractivity contribution < 1.29 is 4.79 Å². The molecule has 2 N–H and O–H groups in total. The summed E-state index contributed by atoms with van der Waals surface area (Å²) in [6.07, 6.45) is 6.36. The van der Waals surface area contributed by atoms with Gasteiger partial charge < -0.3 is 10.6 Å². The Morgan fingerprint density at radius 3 is 2.68 bits per heavy atom. The summed E-state index contributed by atoms with van der Waals surface area (Å²) in [6.45, 7) is 4.10. The average molecular weight is 334 g/mol. The third-order valence-electron chi connectivity index (χ3n) is 3.68. The highest BCUT2D eigenvalue weighted by atomic mass is 16.1. The van der Waals surface area contributed by atoms with Crippen molar-refractivity contribution in [1.82, 2.24) is 4.98 Å². The van der Waals surface area contributed by atoms with Gasteiger partial charge in [-0.1, -0.05) is 25.5 Å².